The van der Waals surface area contributed by atoms with Crippen molar-refractivity contribution in [3.8, 4) is 11.1 Å². The number of thiophene rings is 1. The van der Waals surface area contributed by atoms with E-state index in [0.717, 1.165) is 37.9 Å². The van der Waals surface area contributed by atoms with E-state index >= 15 is 0 Å². The highest BCUT2D eigenvalue weighted by atomic mass is 35.5. The number of nitrogens with one attached hydrogen (secondary N) is 1. The van der Waals surface area contributed by atoms with Gasteiger partial charge in [0.1, 0.15) is 17.0 Å². The molecule has 124 valence electrons. The molecule has 3 nitrogen and oxygen atoms in total. The topological polar surface area (TPSA) is 37.8 Å². The van der Waals surface area contributed by atoms with Crippen molar-refractivity contribution in [2.45, 2.75) is 13.8 Å². The normalized spacial score (nSPS) is 11.0. The summed E-state index contributed by atoms with van der Waals surface area (Å²) < 4.78 is 0. The molecule has 0 fully saturated rings. The zero-order valence-electron chi connectivity index (χ0n) is 13.9. The third-order valence-corrected chi connectivity index (χ3v) is 5.43. The van der Waals surface area contributed by atoms with Gasteiger partial charge in [-0.2, -0.15) is 0 Å². The largest absolute Gasteiger partial charge is 0.340 e. The quantitative estimate of drug-likeness (QED) is 0.458. The van der Waals surface area contributed by atoms with Crippen LogP contribution in [-0.2, 0) is 0 Å². The van der Waals surface area contributed by atoms with E-state index in [9.17, 15) is 0 Å². The summed E-state index contributed by atoms with van der Waals surface area (Å²) in [5.74, 6) is 0.819. The Hall–Kier alpha value is -2.43. The Morgan fingerprint density at radius 3 is 2.52 bits per heavy atom. The fourth-order valence-electron chi connectivity index (χ4n) is 2.77. The molecule has 0 unspecified atom stereocenters. The van der Waals surface area contributed by atoms with Crippen LogP contribution >= 0.6 is 22.9 Å². The molecule has 0 aliphatic rings. The van der Waals surface area contributed by atoms with Crippen LogP contribution in [0.1, 0.15) is 11.1 Å². The molecule has 4 rings (SSSR count). The van der Waals surface area contributed by atoms with Gasteiger partial charge in [-0.05, 0) is 54.8 Å². The van der Waals surface area contributed by atoms with Gasteiger partial charge in [0.15, 0.2) is 0 Å². The van der Waals surface area contributed by atoms with Crippen molar-refractivity contribution in [3.63, 3.8) is 0 Å². The van der Waals surface area contributed by atoms with E-state index in [1.807, 2.05) is 24.3 Å². The molecule has 0 bridgehead atoms. The van der Waals surface area contributed by atoms with Crippen molar-refractivity contribution in [1.82, 2.24) is 9.97 Å². The number of fused-ring (bicyclic) bond motifs is 1. The van der Waals surface area contributed by atoms with Crippen LogP contribution in [0.3, 0.4) is 0 Å². The maximum absolute atomic E-state index is 6.02. The first-order valence-corrected chi connectivity index (χ1v) is 9.20. The molecular weight excluding hydrogens is 350 g/mol. The SMILES string of the molecule is Cc1ccc(Nc2ncnc3scc(-c4ccc(Cl)cc4)c23)cc1C. The molecule has 0 spiro atoms. The number of benzene rings is 2. The van der Waals surface area contributed by atoms with Crippen LogP contribution in [0.25, 0.3) is 21.3 Å². The Bertz CT molecular complexity index is 1050. The first-order valence-electron chi connectivity index (χ1n) is 7.94. The average molecular weight is 366 g/mol. The van der Waals surface area contributed by atoms with Crippen LogP contribution in [0.5, 0.6) is 0 Å². The Morgan fingerprint density at radius 1 is 0.960 bits per heavy atom. The van der Waals surface area contributed by atoms with Gasteiger partial charge in [-0.15, -0.1) is 11.3 Å². The van der Waals surface area contributed by atoms with E-state index in [4.69, 9.17) is 11.6 Å². The number of hydrogen-bond donors (Lipinski definition) is 1. The molecule has 0 atom stereocenters. The molecule has 4 aromatic rings. The summed E-state index contributed by atoms with van der Waals surface area (Å²) in [6, 6.07) is 14.2. The minimum Gasteiger partial charge on any atom is -0.340 e. The van der Waals surface area contributed by atoms with Crippen LogP contribution in [-0.4, -0.2) is 9.97 Å². The van der Waals surface area contributed by atoms with Crippen LogP contribution in [0.2, 0.25) is 5.02 Å². The highest BCUT2D eigenvalue weighted by molar-refractivity contribution is 7.17. The summed E-state index contributed by atoms with van der Waals surface area (Å²) in [5, 5.41) is 7.34. The van der Waals surface area contributed by atoms with Crippen molar-refractivity contribution >= 4 is 44.7 Å². The zero-order chi connectivity index (χ0) is 17.4. The van der Waals surface area contributed by atoms with Gasteiger partial charge in [0.2, 0.25) is 0 Å². The van der Waals surface area contributed by atoms with E-state index in [2.05, 4.69) is 52.7 Å². The van der Waals surface area contributed by atoms with Gasteiger partial charge in [-0.3, -0.25) is 0 Å². The van der Waals surface area contributed by atoms with Gasteiger partial charge in [-0.25, -0.2) is 9.97 Å². The number of aryl methyl sites for hydroxylation is 2. The summed E-state index contributed by atoms with van der Waals surface area (Å²) in [5.41, 5.74) is 5.77. The molecular formula is C20H16ClN3S. The van der Waals surface area contributed by atoms with Crippen molar-refractivity contribution in [2.75, 3.05) is 5.32 Å². The lowest BCUT2D eigenvalue weighted by Crippen LogP contribution is -1.96. The molecule has 0 amide bonds. The number of nitrogens with zero attached hydrogens (tertiary/aromatic N) is 2. The molecule has 0 aliphatic carbocycles. The molecule has 0 saturated carbocycles. The molecule has 2 heterocycles. The standard InChI is InChI=1S/C20H16ClN3S/c1-12-3-8-16(9-13(12)2)24-19-18-17(10-25-20(18)23-11-22-19)14-4-6-15(21)7-5-14/h3-11H,1-2H3,(H,22,23,24). The van der Waals surface area contributed by atoms with Crippen LogP contribution in [0.15, 0.2) is 54.2 Å². The summed E-state index contributed by atoms with van der Waals surface area (Å²) in [6.07, 6.45) is 1.61. The van der Waals surface area contributed by atoms with Crippen LogP contribution in [0.4, 0.5) is 11.5 Å². The zero-order valence-corrected chi connectivity index (χ0v) is 15.4. The van der Waals surface area contributed by atoms with Gasteiger partial charge in [-0.1, -0.05) is 29.8 Å². The molecule has 25 heavy (non-hydrogen) atoms. The summed E-state index contributed by atoms with van der Waals surface area (Å²) in [4.78, 5) is 9.87. The van der Waals surface area contributed by atoms with E-state index in [0.29, 0.717) is 0 Å². The molecule has 5 heteroatoms. The Labute approximate surface area is 155 Å². The smallest absolute Gasteiger partial charge is 0.143 e. The maximum Gasteiger partial charge on any atom is 0.143 e. The number of halogens is 1. The van der Waals surface area contributed by atoms with E-state index in [1.54, 1.807) is 17.7 Å². The third-order valence-electron chi connectivity index (χ3n) is 4.30. The Balaban J connectivity index is 1.82. The second kappa shape index (κ2) is 6.47. The lowest BCUT2D eigenvalue weighted by Gasteiger charge is -2.10. The second-order valence-corrected chi connectivity index (χ2v) is 7.28. The minimum absolute atomic E-state index is 0.730. The Morgan fingerprint density at radius 2 is 1.76 bits per heavy atom. The van der Waals surface area contributed by atoms with Crippen molar-refractivity contribution in [2.24, 2.45) is 0 Å². The summed E-state index contributed by atoms with van der Waals surface area (Å²) in [7, 11) is 0. The number of rotatable bonds is 3. The van der Waals surface area contributed by atoms with E-state index in [1.165, 1.54) is 11.1 Å². The average Bonchev–Trinajstić information content (AvgIpc) is 3.04. The molecule has 1 N–H and O–H groups in total. The van der Waals surface area contributed by atoms with Gasteiger partial charge in [0.25, 0.3) is 0 Å². The maximum atomic E-state index is 6.02. The van der Waals surface area contributed by atoms with Crippen molar-refractivity contribution in [1.29, 1.82) is 0 Å². The van der Waals surface area contributed by atoms with Crippen LogP contribution < -0.4 is 5.32 Å². The fraction of sp³-hybridized carbons (Fsp3) is 0.100. The third kappa shape index (κ3) is 3.11. The van der Waals surface area contributed by atoms with E-state index in [-0.39, 0.29) is 0 Å². The highest BCUT2D eigenvalue weighted by Crippen LogP contribution is 2.37. The summed E-state index contributed by atoms with van der Waals surface area (Å²) >= 11 is 7.64. The van der Waals surface area contributed by atoms with Crippen molar-refractivity contribution in [3.05, 3.63) is 70.3 Å². The van der Waals surface area contributed by atoms with Gasteiger partial charge < -0.3 is 5.32 Å². The predicted octanol–water partition coefficient (Wildman–Crippen LogP) is 6.37. The van der Waals surface area contributed by atoms with E-state index < -0.39 is 0 Å². The monoisotopic (exact) mass is 365 g/mol. The van der Waals surface area contributed by atoms with Gasteiger partial charge in [0.05, 0.1) is 5.39 Å². The first kappa shape index (κ1) is 16.1. The first-order chi connectivity index (χ1) is 12.1. The fourth-order valence-corrected chi connectivity index (χ4v) is 3.81. The molecule has 2 aromatic heterocycles. The van der Waals surface area contributed by atoms with Gasteiger partial charge in [0, 0.05) is 21.7 Å². The number of aromatic nitrogens is 2. The minimum atomic E-state index is 0.730. The van der Waals surface area contributed by atoms with Crippen LogP contribution in [0, 0.1) is 13.8 Å². The number of anilines is 2. The van der Waals surface area contributed by atoms with Crippen molar-refractivity contribution < 1.29 is 0 Å². The molecule has 0 aliphatic heterocycles. The lowest BCUT2D eigenvalue weighted by molar-refractivity contribution is 1.23. The number of hydrogen-bond acceptors (Lipinski definition) is 4. The second-order valence-electron chi connectivity index (χ2n) is 5.98. The summed E-state index contributed by atoms with van der Waals surface area (Å²) in [6.45, 7) is 4.22. The van der Waals surface area contributed by atoms with Gasteiger partial charge >= 0.3 is 0 Å². The highest BCUT2D eigenvalue weighted by Gasteiger charge is 2.13. The predicted molar refractivity (Wildman–Crippen MR) is 107 cm³/mol. The lowest BCUT2D eigenvalue weighted by atomic mass is 10.1. The molecule has 0 radical (unpaired) electrons. The molecule has 2 aromatic carbocycles. The Kier molecular flexibility index (Phi) is 4.15. The molecule has 0 saturated heterocycles.